The summed E-state index contributed by atoms with van der Waals surface area (Å²) in [6.07, 6.45) is 0.883. The molecule has 0 fully saturated rings. The van der Waals surface area contributed by atoms with Crippen LogP contribution in [0.5, 0.6) is 0 Å². The van der Waals surface area contributed by atoms with Gasteiger partial charge < -0.3 is 0 Å². The number of benzene rings is 1. The molecule has 2 rings (SSSR count). The van der Waals surface area contributed by atoms with Gasteiger partial charge in [-0.05, 0) is 18.1 Å². The number of amides is 1. The molecule has 0 N–H and O–H groups in total. The van der Waals surface area contributed by atoms with Crippen molar-refractivity contribution in [3.8, 4) is 0 Å². The Labute approximate surface area is 76.5 Å². The lowest BCUT2D eigenvalue weighted by Crippen LogP contribution is -2.08. The Morgan fingerprint density at radius 1 is 1.38 bits per heavy atom. The molecule has 1 heterocycles. The van der Waals surface area contributed by atoms with Crippen LogP contribution >= 0.6 is 0 Å². The van der Waals surface area contributed by atoms with Crippen molar-refractivity contribution in [3.63, 3.8) is 0 Å². The van der Waals surface area contributed by atoms with Gasteiger partial charge in [0.15, 0.2) is 0 Å². The van der Waals surface area contributed by atoms with Crippen LogP contribution in [0.3, 0.4) is 0 Å². The molecule has 3 nitrogen and oxygen atoms in total. The Morgan fingerprint density at radius 2 is 2.15 bits per heavy atom. The molecule has 0 aliphatic carbocycles. The van der Waals surface area contributed by atoms with Gasteiger partial charge in [0, 0.05) is 5.56 Å². The highest BCUT2D eigenvalue weighted by Crippen LogP contribution is 2.29. The van der Waals surface area contributed by atoms with E-state index in [1.807, 2.05) is 25.1 Å². The third-order valence-corrected chi connectivity index (χ3v) is 2.22. The first-order valence-electron chi connectivity index (χ1n) is 4.37. The number of hydrogen-bond acceptors (Lipinski definition) is 2. The molecule has 13 heavy (non-hydrogen) atoms. The number of azo groups is 1. The molecule has 1 aliphatic heterocycles. The summed E-state index contributed by atoms with van der Waals surface area (Å²) in [4.78, 5) is 11.3. The second kappa shape index (κ2) is 3.09. The second-order valence-electron chi connectivity index (χ2n) is 3.03. The van der Waals surface area contributed by atoms with E-state index in [4.69, 9.17) is 0 Å². The van der Waals surface area contributed by atoms with Crippen molar-refractivity contribution < 1.29 is 4.79 Å². The first-order valence-corrected chi connectivity index (χ1v) is 4.37. The summed E-state index contributed by atoms with van der Waals surface area (Å²) >= 11 is 0. The van der Waals surface area contributed by atoms with Gasteiger partial charge in [-0.1, -0.05) is 25.1 Å². The number of rotatable bonds is 1. The fourth-order valence-corrected chi connectivity index (χ4v) is 1.52. The number of carbonyl (C=O) groups is 1. The van der Waals surface area contributed by atoms with Crippen LogP contribution < -0.4 is 0 Å². The highest BCUT2D eigenvalue weighted by atomic mass is 16.1. The Balaban J connectivity index is 2.54. The lowest BCUT2D eigenvalue weighted by molar-refractivity contribution is 0.0984. The normalized spacial score (nSPS) is 20.1. The highest BCUT2D eigenvalue weighted by Gasteiger charge is 2.21. The van der Waals surface area contributed by atoms with E-state index < -0.39 is 0 Å². The third kappa shape index (κ3) is 1.26. The van der Waals surface area contributed by atoms with Crippen molar-refractivity contribution in [1.29, 1.82) is 0 Å². The molecule has 3 heteroatoms. The highest BCUT2D eigenvalue weighted by molar-refractivity contribution is 5.96. The van der Waals surface area contributed by atoms with E-state index in [9.17, 15) is 4.79 Å². The minimum Gasteiger partial charge on any atom is -0.265 e. The summed E-state index contributed by atoms with van der Waals surface area (Å²) in [6, 6.07) is 7.59. The van der Waals surface area contributed by atoms with E-state index in [0.29, 0.717) is 5.56 Å². The van der Waals surface area contributed by atoms with Crippen LogP contribution in [0.2, 0.25) is 0 Å². The Hall–Kier alpha value is -1.51. The molecule has 1 atom stereocenters. The molecule has 1 amide bonds. The van der Waals surface area contributed by atoms with Crippen LogP contribution in [-0.2, 0) is 0 Å². The van der Waals surface area contributed by atoms with Gasteiger partial charge in [-0.15, -0.1) is 5.11 Å². The fraction of sp³-hybridized carbons (Fsp3) is 0.300. The smallest absolute Gasteiger partial charge is 0.265 e. The molecule has 1 unspecified atom stereocenters. The molecule has 0 bridgehead atoms. The van der Waals surface area contributed by atoms with Gasteiger partial charge in [0.1, 0.15) is 0 Å². The van der Waals surface area contributed by atoms with Crippen LogP contribution in [0, 0.1) is 0 Å². The minimum atomic E-state index is -0.222. The molecule has 0 spiro atoms. The predicted molar refractivity (Wildman–Crippen MR) is 48.7 cm³/mol. The second-order valence-corrected chi connectivity index (χ2v) is 3.03. The molecule has 1 aromatic rings. The largest absolute Gasteiger partial charge is 0.295 e. The van der Waals surface area contributed by atoms with Gasteiger partial charge in [0.25, 0.3) is 5.91 Å². The number of hydrogen-bond donors (Lipinski definition) is 0. The number of nitrogens with zero attached hydrogens (tertiary/aromatic N) is 2. The SMILES string of the molecule is CCC1N=NC(=O)c2ccccc21. The average molecular weight is 174 g/mol. The maximum Gasteiger partial charge on any atom is 0.295 e. The van der Waals surface area contributed by atoms with Crippen molar-refractivity contribution in [3.05, 3.63) is 35.4 Å². The van der Waals surface area contributed by atoms with Gasteiger partial charge >= 0.3 is 0 Å². The number of fused-ring (bicyclic) bond motifs is 1. The average Bonchev–Trinajstić information content (AvgIpc) is 2.19. The first kappa shape index (κ1) is 8.10. The van der Waals surface area contributed by atoms with Crippen LogP contribution in [0.25, 0.3) is 0 Å². The maximum absolute atomic E-state index is 11.3. The van der Waals surface area contributed by atoms with Crippen LogP contribution in [0.4, 0.5) is 0 Å². The summed E-state index contributed by atoms with van der Waals surface area (Å²) in [5.74, 6) is -0.222. The Morgan fingerprint density at radius 3 is 2.92 bits per heavy atom. The zero-order valence-corrected chi connectivity index (χ0v) is 7.40. The quantitative estimate of drug-likeness (QED) is 0.645. The van der Waals surface area contributed by atoms with Gasteiger partial charge in [0.05, 0.1) is 6.04 Å². The van der Waals surface area contributed by atoms with E-state index in [1.165, 1.54) is 0 Å². The predicted octanol–water partition coefficient (Wildman–Crippen LogP) is 2.74. The standard InChI is InChI=1S/C10H10N2O/c1-2-9-7-5-3-4-6-8(7)10(13)12-11-9/h3-6,9H,2H2,1H3. The minimum absolute atomic E-state index is 0.0638. The summed E-state index contributed by atoms with van der Waals surface area (Å²) in [5, 5.41) is 7.56. The fourth-order valence-electron chi connectivity index (χ4n) is 1.52. The first-order chi connectivity index (χ1) is 6.33. The van der Waals surface area contributed by atoms with Gasteiger partial charge in [0.2, 0.25) is 0 Å². The summed E-state index contributed by atoms with van der Waals surface area (Å²) in [6.45, 7) is 2.04. The van der Waals surface area contributed by atoms with Gasteiger partial charge in [-0.3, -0.25) is 4.79 Å². The van der Waals surface area contributed by atoms with E-state index in [-0.39, 0.29) is 11.9 Å². The summed E-state index contributed by atoms with van der Waals surface area (Å²) in [5.41, 5.74) is 1.70. The maximum atomic E-state index is 11.3. The molecule has 1 aliphatic rings. The summed E-state index contributed by atoms with van der Waals surface area (Å²) in [7, 11) is 0. The zero-order valence-electron chi connectivity index (χ0n) is 7.40. The molecule has 1 aromatic carbocycles. The van der Waals surface area contributed by atoms with Crippen molar-refractivity contribution in [2.45, 2.75) is 19.4 Å². The zero-order chi connectivity index (χ0) is 9.26. The van der Waals surface area contributed by atoms with Crippen molar-refractivity contribution in [2.24, 2.45) is 10.2 Å². The molecule has 0 aromatic heterocycles. The van der Waals surface area contributed by atoms with Gasteiger partial charge in [-0.2, -0.15) is 5.11 Å². The van der Waals surface area contributed by atoms with E-state index in [2.05, 4.69) is 10.2 Å². The van der Waals surface area contributed by atoms with Crippen LogP contribution in [0.15, 0.2) is 34.5 Å². The molecular weight excluding hydrogens is 164 g/mol. The lowest BCUT2D eigenvalue weighted by Gasteiger charge is -2.15. The third-order valence-electron chi connectivity index (χ3n) is 2.22. The molecule has 0 radical (unpaired) electrons. The van der Waals surface area contributed by atoms with E-state index in [1.54, 1.807) is 6.07 Å². The van der Waals surface area contributed by atoms with Crippen molar-refractivity contribution in [2.75, 3.05) is 0 Å². The van der Waals surface area contributed by atoms with Crippen molar-refractivity contribution >= 4 is 5.91 Å². The Kier molecular flexibility index (Phi) is 1.93. The topological polar surface area (TPSA) is 41.8 Å². The summed E-state index contributed by atoms with van der Waals surface area (Å²) < 4.78 is 0. The molecular formula is C10H10N2O. The van der Waals surface area contributed by atoms with E-state index >= 15 is 0 Å². The molecule has 66 valence electrons. The molecule has 0 saturated heterocycles. The van der Waals surface area contributed by atoms with Crippen LogP contribution in [0.1, 0.15) is 35.3 Å². The molecule has 0 saturated carbocycles. The van der Waals surface area contributed by atoms with Crippen LogP contribution in [-0.4, -0.2) is 5.91 Å². The number of carbonyl (C=O) groups excluding carboxylic acids is 1. The van der Waals surface area contributed by atoms with E-state index in [0.717, 1.165) is 12.0 Å². The Bertz CT molecular complexity index is 371. The lowest BCUT2D eigenvalue weighted by atomic mass is 9.98. The monoisotopic (exact) mass is 174 g/mol. The van der Waals surface area contributed by atoms with Crippen molar-refractivity contribution in [1.82, 2.24) is 0 Å². The van der Waals surface area contributed by atoms with Gasteiger partial charge in [-0.25, -0.2) is 0 Å².